The quantitative estimate of drug-likeness (QED) is 0.828. The van der Waals surface area contributed by atoms with Gasteiger partial charge < -0.3 is 10.2 Å². The SMILES string of the molecule is CCN(CC)C1CCN(C(=O)c2ccccc2CCNC)C1.Cl. The fourth-order valence-corrected chi connectivity index (χ4v) is 3.34. The molecule has 1 atom stereocenters. The molecule has 0 spiro atoms. The molecule has 5 heteroatoms. The summed E-state index contributed by atoms with van der Waals surface area (Å²) in [5.74, 6) is 0.196. The zero-order valence-electron chi connectivity index (χ0n) is 14.5. The van der Waals surface area contributed by atoms with Crippen molar-refractivity contribution in [3.05, 3.63) is 35.4 Å². The van der Waals surface area contributed by atoms with E-state index in [9.17, 15) is 4.79 Å². The van der Waals surface area contributed by atoms with Crippen LogP contribution >= 0.6 is 12.4 Å². The van der Waals surface area contributed by atoms with Crippen molar-refractivity contribution in [3.8, 4) is 0 Å². The molecular weight excluding hydrogens is 310 g/mol. The first-order chi connectivity index (χ1) is 10.7. The van der Waals surface area contributed by atoms with Gasteiger partial charge in [0.2, 0.25) is 0 Å². The lowest BCUT2D eigenvalue weighted by Gasteiger charge is -2.26. The van der Waals surface area contributed by atoms with Crippen molar-refractivity contribution in [2.24, 2.45) is 0 Å². The first-order valence-corrected chi connectivity index (χ1v) is 8.47. The number of hydrogen-bond donors (Lipinski definition) is 1. The minimum atomic E-state index is 0. The van der Waals surface area contributed by atoms with Gasteiger partial charge in [0.1, 0.15) is 0 Å². The lowest BCUT2D eigenvalue weighted by Crippen LogP contribution is -2.38. The van der Waals surface area contributed by atoms with Crippen molar-refractivity contribution >= 4 is 18.3 Å². The van der Waals surface area contributed by atoms with E-state index in [1.54, 1.807) is 0 Å². The van der Waals surface area contributed by atoms with E-state index in [-0.39, 0.29) is 18.3 Å². The highest BCUT2D eigenvalue weighted by atomic mass is 35.5. The molecule has 1 amide bonds. The van der Waals surface area contributed by atoms with E-state index >= 15 is 0 Å². The second-order valence-electron chi connectivity index (χ2n) is 5.93. The number of rotatable bonds is 7. The lowest BCUT2D eigenvalue weighted by molar-refractivity contribution is 0.0777. The first-order valence-electron chi connectivity index (χ1n) is 8.47. The van der Waals surface area contributed by atoms with Crippen LogP contribution < -0.4 is 5.32 Å². The van der Waals surface area contributed by atoms with Gasteiger partial charge in [0.05, 0.1) is 0 Å². The van der Waals surface area contributed by atoms with Crippen molar-refractivity contribution in [1.29, 1.82) is 0 Å². The van der Waals surface area contributed by atoms with Crippen LogP contribution in [0.5, 0.6) is 0 Å². The number of likely N-dealkylation sites (N-methyl/N-ethyl adjacent to an activating group) is 2. The van der Waals surface area contributed by atoms with Gasteiger partial charge in [-0.15, -0.1) is 12.4 Å². The number of nitrogens with one attached hydrogen (secondary N) is 1. The molecule has 23 heavy (non-hydrogen) atoms. The monoisotopic (exact) mass is 339 g/mol. The third-order valence-electron chi connectivity index (χ3n) is 4.67. The van der Waals surface area contributed by atoms with Crippen LogP contribution in [0.4, 0.5) is 0 Å². The summed E-state index contributed by atoms with van der Waals surface area (Å²) in [5.41, 5.74) is 2.02. The Kier molecular flexibility index (Phi) is 8.59. The van der Waals surface area contributed by atoms with Crippen LogP contribution in [-0.2, 0) is 6.42 Å². The Balaban J connectivity index is 0.00000264. The minimum Gasteiger partial charge on any atom is -0.337 e. The van der Waals surface area contributed by atoms with E-state index in [1.165, 1.54) is 0 Å². The Labute approximate surface area is 146 Å². The Morgan fingerprint density at radius 2 is 2.00 bits per heavy atom. The van der Waals surface area contributed by atoms with E-state index in [0.717, 1.165) is 56.7 Å². The summed E-state index contributed by atoms with van der Waals surface area (Å²) in [7, 11) is 1.94. The molecule has 1 heterocycles. The van der Waals surface area contributed by atoms with Gasteiger partial charge in [-0.05, 0) is 51.2 Å². The smallest absolute Gasteiger partial charge is 0.254 e. The molecule has 1 aliphatic heterocycles. The number of halogens is 1. The molecule has 1 aliphatic rings. The third kappa shape index (κ3) is 4.93. The molecule has 1 aromatic carbocycles. The Bertz CT molecular complexity index is 491. The number of hydrogen-bond acceptors (Lipinski definition) is 3. The second-order valence-corrected chi connectivity index (χ2v) is 5.93. The molecule has 0 radical (unpaired) electrons. The zero-order chi connectivity index (χ0) is 15.9. The van der Waals surface area contributed by atoms with Crippen LogP contribution in [0.3, 0.4) is 0 Å². The largest absolute Gasteiger partial charge is 0.337 e. The average molecular weight is 340 g/mol. The molecule has 1 aromatic rings. The Morgan fingerprint density at radius 3 is 2.65 bits per heavy atom. The Hall–Kier alpha value is -1.10. The topological polar surface area (TPSA) is 35.6 Å². The van der Waals surface area contributed by atoms with Gasteiger partial charge >= 0.3 is 0 Å². The van der Waals surface area contributed by atoms with E-state index in [0.29, 0.717) is 6.04 Å². The molecule has 1 unspecified atom stereocenters. The van der Waals surface area contributed by atoms with Crippen LogP contribution in [-0.4, -0.2) is 61.5 Å². The standard InChI is InChI=1S/C18H29N3O.ClH/c1-4-20(5-2)16-11-13-21(14-16)18(22)17-9-7-6-8-15(17)10-12-19-3;/h6-9,16,19H,4-5,10-14H2,1-3H3;1H. The van der Waals surface area contributed by atoms with E-state index < -0.39 is 0 Å². The predicted molar refractivity (Wildman–Crippen MR) is 98.6 cm³/mol. The van der Waals surface area contributed by atoms with Crippen molar-refractivity contribution in [2.75, 3.05) is 39.8 Å². The molecule has 4 nitrogen and oxygen atoms in total. The summed E-state index contributed by atoms with van der Waals surface area (Å²) >= 11 is 0. The molecule has 1 saturated heterocycles. The minimum absolute atomic E-state index is 0. The van der Waals surface area contributed by atoms with Gasteiger partial charge in [-0.25, -0.2) is 0 Å². The maximum atomic E-state index is 12.9. The van der Waals surface area contributed by atoms with Crippen LogP contribution in [0.15, 0.2) is 24.3 Å². The summed E-state index contributed by atoms with van der Waals surface area (Å²) < 4.78 is 0. The van der Waals surface area contributed by atoms with Gasteiger partial charge in [0, 0.05) is 24.7 Å². The van der Waals surface area contributed by atoms with Crippen molar-refractivity contribution in [2.45, 2.75) is 32.7 Å². The average Bonchev–Trinajstić information content (AvgIpc) is 3.03. The molecule has 0 saturated carbocycles. The number of benzene rings is 1. The van der Waals surface area contributed by atoms with Gasteiger partial charge in [-0.2, -0.15) is 0 Å². The van der Waals surface area contributed by atoms with Crippen molar-refractivity contribution < 1.29 is 4.79 Å². The number of amides is 1. The fourth-order valence-electron chi connectivity index (χ4n) is 3.34. The number of nitrogens with zero attached hydrogens (tertiary/aromatic N) is 2. The van der Waals surface area contributed by atoms with Crippen molar-refractivity contribution in [1.82, 2.24) is 15.1 Å². The molecule has 1 N–H and O–H groups in total. The van der Waals surface area contributed by atoms with Gasteiger partial charge in [-0.3, -0.25) is 9.69 Å². The molecule has 0 bridgehead atoms. The normalized spacial score (nSPS) is 17.4. The maximum Gasteiger partial charge on any atom is 0.254 e. The van der Waals surface area contributed by atoms with E-state index in [2.05, 4.69) is 30.1 Å². The highest BCUT2D eigenvalue weighted by Crippen LogP contribution is 2.20. The molecule has 1 fully saturated rings. The number of carbonyl (C=O) groups is 1. The highest BCUT2D eigenvalue weighted by Gasteiger charge is 2.30. The van der Waals surface area contributed by atoms with Gasteiger partial charge in [-0.1, -0.05) is 32.0 Å². The third-order valence-corrected chi connectivity index (χ3v) is 4.67. The zero-order valence-corrected chi connectivity index (χ0v) is 15.4. The fraction of sp³-hybridized carbons (Fsp3) is 0.611. The summed E-state index contributed by atoms with van der Waals surface area (Å²) in [5, 5.41) is 3.16. The number of likely N-dealkylation sites (tertiary alicyclic amines) is 1. The van der Waals surface area contributed by atoms with Gasteiger partial charge in [0.15, 0.2) is 0 Å². The van der Waals surface area contributed by atoms with Crippen LogP contribution in [0, 0.1) is 0 Å². The molecule has 0 aliphatic carbocycles. The summed E-state index contributed by atoms with van der Waals surface area (Å²) in [4.78, 5) is 17.4. The predicted octanol–water partition coefficient (Wildman–Crippen LogP) is 2.43. The first kappa shape index (κ1) is 19.9. The summed E-state index contributed by atoms with van der Waals surface area (Å²) in [6.45, 7) is 9.14. The second kappa shape index (κ2) is 9.91. The van der Waals surface area contributed by atoms with Crippen LogP contribution in [0.25, 0.3) is 0 Å². The van der Waals surface area contributed by atoms with E-state index in [4.69, 9.17) is 0 Å². The summed E-state index contributed by atoms with van der Waals surface area (Å²) in [6.07, 6.45) is 1.98. The van der Waals surface area contributed by atoms with Crippen LogP contribution in [0.2, 0.25) is 0 Å². The van der Waals surface area contributed by atoms with E-state index in [1.807, 2.05) is 30.1 Å². The molecule has 2 rings (SSSR count). The maximum absolute atomic E-state index is 12.9. The molecular formula is C18H30ClN3O. The van der Waals surface area contributed by atoms with Crippen molar-refractivity contribution in [3.63, 3.8) is 0 Å². The lowest BCUT2D eigenvalue weighted by atomic mass is 10.0. The van der Waals surface area contributed by atoms with Gasteiger partial charge in [0.25, 0.3) is 5.91 Å². The number of carbonyl (C=O) groups excluding carboxylic acids is 1. The summed E-state index contributed by atoms with van der Waals surface area (Å²) in [6, 6.07) is 8.54. The Morgan fingerprint density at radius 1 is 1.30 bits per heavy atom. The molecule has 130 valence electrons. The molecule has 0 aromatic heterocycles. The van der Waals surface area contributed by atoms with Crippen LogP contribution in [0.1, 0.15) is 36.2 Å². The highest BCUT2D eigenvalue weighted by molar-refractivity contribution is 5.96.